The summed E-state index contributed by atoms with van der Waals surface area (Å²) >= 11 is 0. The van der Waals surface area contributed by atoms with Gasteiger partial charge in [0.1, 0.15) is 11.6 Å². The van der Waals surface area contributed by atoms with Crippen LogP contribution >= 0.6 is 0 Å². The molecule has 0 heterocycles. The zero-order valence-electron chi connectivity index (χ0n) is 20.0. The minimum atomic E-state index is -0.208. The molecule has 2 fully saturated rings. The average Bonchev–Trinajstić information content (AvgIpc) is 2.79. The Balaban J connectivity index is 1.45. The maximum Gasteiger partial charge on any atom is 0.131 e. The highest BCUT2D eigenvalue weighted by molar-refractivity contribution is 5.85. The lowest BCUT2D eigenvalue weighted by Gasteiger charge is -2.42. The van der Waals surface area contributed by atoms with Gasteiger partial charge in [-0.05, 0) is 110 Å². The SMILES string of the molecule is C/C=C/CCc1cc(F)c2cc(C3CCC4CC(CCCCC)CCC4C3)c(F)cc2c1. The summed E-state index contributed by atoms with van der Waals surface area (Å²) < 4.78 is 30.1. The third kappa shape index (κ3) is 5.43. The normalized spacial score (nSPS) is 26.0. The molecule has 2 aliphatic rings. The Morgan fingerprint density at radius 2 is 1.72 bits per heavy atom. The summed E-state index contributed by atoms with van der Waals surface area (Å²) in [5, 5.41) is 1.28. The predicted octanol–water partition coefficient (Wildman–Crippen LogP) is 9.51. The summed E-state index contributed by atoms with van der Waals surface area (Å²) in [7, 11) is 0. The van der Waals surface area contributed by atoms with E-state index in [4.69, 9.17) is 0 Å². The molecule has 0 N–H and O–H groups in total. The van der Waals surface area contributed by atoms with Crippen molar-refractivity contribution in [1.29, 1.82) is 0 Å². The van der Waals surface area contributed by atoms with Crippen LogP contribution < -0.4 is 0 Å². The molecule has 4 atom stereocenters. The molecule has 0 bridgehead atoms. The molecule has 2 aromatic carbocycles. The number of halogens is 2. The van der Waals surface area contributed by atoms with Gasteiger partial charge < -0.3 is 0 Å². The molecule has 2 aliphatic carbocycles. The van der Waals surface area contributed by atoms with E-state index in [2.05, 4.69) is 13.0 Å². The molecule has 4 rings (SSSR count). The first-order chi connectivity index (χ1) is 15.6. The predicted molar refractivity (Wildman–Crippen MR) is 132 cm³/mol. The van der Waals surface area contributed by atoms with Gasteiger partial charge in [-0.1, -0.05) is 57.2 Å². The highest BCUT2D eigenvalue weighted by atomic mass is 19.1. The molecule has 2 heteroatoms. The monoisotopic (exact) mass is 438 g/mol. The summed E-state index contributed by atoms with van der Waals surface area (Å²) in [4.78, 5) is 0. The van der Waals surface area contributed by atoms with Gasteiger partial charge in [0.15, 0.2) is 0 Å². The van der Waals surface area contributed by atoms with E-state index in [0.29, 0.717) is 10.8 Å². The first-order valence-electron chi connectivity index (χ1n) is 13.1. The van der Waals surface area contributed by atoms with Crippen molar-refractivity contribution in [3.63, 3.8) is 0 Å². The number of allylic oxidation sites excluding steroid dienone is 2. The molecule has 0 radical (unpaired) electrons. The summed E-state index contributed by atoms with van der Waals surface area (Å²) in [6, 6.07) is 7.02. The molecule has 0 aromatic heterocycles. The lowest BCUT2D eigenvalue weighted by molar-refractivity contribution is 0.112. The van der Waals surface area contributed by atoms with Crippen molar-refractivity contribution < 1.29 is 8.78 Å². The molecule has 0 nitrogen and oxygen atoms in total. The lowest BCUT2D eigenvalue weighted by Crippen LogP contribution is -2.30. The van der Waals surface area contributed by atoms with Gasteiger partial charge in [0.25, 0.3) is 0 Å². The Kier molecular flexibility index (Phi) is 8.02. The van der Waals surface area contributed by atoms with Gasteiger partial charge in [0.2, 0.25) is 0 Å². The van der Waals surface area contributed by atoms with Gasteiger partial charge in [-0.15, -0.1) is 0 Å². The van der Waals surface area contributed by atoms with Gasteiger partial charge in [-0.2, -0.15) is 0 Å². The molecule has 0 amide bonds. The Morgan fingerprint density at radius 1 is 0.906 bits per heavy atom. The Morgan fingerprint density at radius 3 is 2.53 bits per heavy atom. The maximum atomic E-state index is 15.2. The average molecular weight is 439 g/mol. The van der Waals surface area contributed by atoms with E-state index in [1.807, 2.05) is 25.1 Å². The van der Waals surface area contributed by atoms with Crippen molar-refractivity contribution in [2.24, 2.45) is 17.8 Å². The second-order valence-electron chi connectivity index (χ2n) is 10.5. The van der Waals surface area contributed by atoms with E-state index in [1.54, 1.807) is 12.1 Å². The fourth-order valence-corrected chi connectivity index (χ4v) is 6.50. The molecule has 2 aromatic rings. The standard InChI is InChI=1S/C30H40F2/c1-3-5-7-9-21-11-12-24-18-25(14-13-23(24)15-21)27-20-28-26(19-30(27)32)16-22(17-29(28)31)10-8-6-4-2/h4,6,16-17,19-21,23-25H,3,5,7-15,18H2,1-2H3/b6-4+. The third-order valence-corrected chi connectivity index (χ3v) is 8.29. The molecule has 0 aliphatic heterocycles. The molecular formula is C30H40F2. The third-order valence-electron chi connectivity index (χ3n) is 8.29. The van der Waals surface area contributed by atoms with E-state index in [-0.39, 0.29) is 17.6 Å². The fourth-order valence-electron chi connectivity index (χ4n) is 6.50. The zero-order valence-corrected chi connectivity index (χ0v) is 20.0. The van der Waals surface area contributed by atoms with Crippen LogP contribution in [0.4, 0.5) is 8.78 Å². The van der Waals surface area contributed by atoms with Gasteiger partial charge >= 0.3 is 0 Å². The van der Waals surface area contributed by atoms with Crippen LogP contribution in [0.2, 0.25) is 0 Å². The van der Waals surface area contributed by atoms with E-state index < -0.39 is 0 Å². The fraction of sp³-hybridized carbons (Fsp3) is 0.600. The topological polar surface area (TPSA) is 0 Å². The number of unbranched alkanes of at least 4 members (excludes halogenated alkanes) is 2. The molecule has 0 spiro atoms. The maximum absolute atomic E-state index is 15.2. The highest BCUT2D eigenvalue weighted by Gasteiger charge is 2.36. The number of aryl methyl sites for hydroxylation is 1. The number of benzene rings is 2. The van der Waals surface area contributed by atoms with Crippen LogP contribution in [0.3, 0.4) is 0 Å². The summed E-state index contributed by atoms with van der Waals surface area (Å²) in [5.41, 5.74) is 1.69. The van der Waals surface area contributed by atoms with Gasteiger partial charge in [0.05, 0.1) is 0 Å². The van der Waals surface area contributed by atoms with Crippen LogP contribution in [0.5, 0.6) is 0 Å². The lowest BCUT2D eigenvalue weighted by atomic mass is 9.63. The zero-order chi connectivity index (χ0) is 22.5. The van der Waals surface area contributed by atoms with Crippen LogP contribution in [-0.4, -0.2) is 0 Å². The Bertz CT molecular complexity index is 928. The molecular weight excluding hydrogens is 398 g/mol. The van der Waals surface area contributed by atoms with E-state index >= 15 is 4.39 Å². The van der Waals surface area contributed by atoms with Gasteiger partial charge in [-0.25, -0.2) is 8.78 Å². The molecule has 174 valence electrons. The van der Waals surface area contributed by atoms with Crippen LogP contribution in [0, 0.1) is 29.4 Å². The quantitative estimate of drug-likeness (QED) is 0.284. The molecule has 32 heavy (non-hydrogen) atoms. The van der Waals surface area contributed by atoms with E-state index in [0.717, 1.165) is 54.6 Å². The highest BCUT2D eigenvalue weighted by Crippen LogP contribution is 2.49. The number of hydrogen-bond donors (Lipinski definition) is 0. The molecule has 4 unspecified atom stereocenters. The summed E-state index contributed by atoms with van der Waals surface area (Å²) in [6.45, 7) is 4.27. The van der Waals surface area contributed by atoms with Crippen molar-refractivity contribution in [2.75, 3.05) is 0 Å². The van der Waals surface area contributed by atoms with E-state index in [1.165, 1.54) is 51.4 Å². The minimum absolute atomic E-state index is 0.140. The van der Waals surface area contributed by atoms with Crippen LogP contribution in [0.1, 0.15) is 102 Å². The Hall–Kier alpha value is -1.70. The number of fused-ring (bicyclic) bond motifs is 2. The van der Waals surface area contributed by atoms with Crippen molar-refractivity contribution >= 4 is 10.8 Å². The second-order valence-corrected chi connectivity index (χ2v) is 10.5. The molecule has 0 saturated heterocycles. The number of rotatable bonds is 8. The number of hydrogen-bond acceptors (Lipinski definition) is 0. The summed E-state index contributed by atoms with van der Waals surface area (Å²) in [6.07, 6.45) is 18.6. The van der Waals surface area contributed by atoms with Crippen molar-refractivity contribution in [2.45, 2.75) is 96.8 Å². The van der Waals surface area contributed by atoms with Crippen molar-refractivity contribution in [3.8, 4) is 0 Å². The van der Waals surface area contributed by atoms with Crippen molar-refractivity contribution in [3.05, 3.63) is 59.2 Å². The van der Waals surface area contributed by atoms with Gasteiger partial charge in [-0.3, -0.25) is 0 Å². The first kappa shape index (κ1) is 23.5. The largest absolute Gasteiger partial charge is 0.207 e. The van der Waals surface area contributed by atoms with Gasteiger partial charge in [0, 0.05) is 5.39 Å². The van der Waals surface area contributed by atoms with Crippen LogP contribution in [-0.2, 0) is 6.42 Å². The second kappa shape index (κ2) is 10.9. The molecule has 2 saturated carbocycles. The Labute approximate surface area is 193 Å². The van der Waals surface area contributed by atoms with E-state index in [9.17, 15) is 4.39 Å². The summed E-state index contributed by atoms with van der Waals surface area (Å²) in [5.74, 6) is 2.36. The van der Waals surface area contributed by atoms with Crippen molar-refractivity contribution in [1.82, 2.24) is 0 Å². The minimum Gasteiger partial charge on any atom is -0.207 e. The van der Waals surface area contributed by atoms with Crippen LogP contribution in [0.15, 0.2) is 36.4 Å². The smallest absolute Gasteiger partial charge is 0.131 e. The first-order valence-corrected chi connectivity index (χ1v) is 13.1. The van der Waals surface area contributed by atoms with Crippen LogP contribution in [0.25, 0.3) is 10.8 Å².